The first-order valence-corrected chi connectivity index (χ1v) is 14.7. The van der Waals surface area contributed by atoms with E-state index in [1.165, 1.54) is 11.8 Å². The largest absolute Gasteiger partial charge is 0.598 e. The van der Waals surface area contributed by atoms with Crippen molar-refractivity contribution >= 4 is 46.2 Å². The SMILES string of the molecule is Cn1c(N2CCC3(CCC[C@H]3N[S+]([O-])C(C)(C)C)CC2)ncc(Sc2ccn3nccc3c2Cl)c1=O. The van der Waals surface area contributed by atoms with Crippen molar-refractivity contribution in [1.82, 2.24) is 23.9 Å². The fourth-order valence-corrected chi connectivity index (χ4v) is 7.60. The number of pyridine rings is 1. The molecule has 0 amide bonds. The first-order chi connectivity index (χ1) is 17.1. The van der Waals surface area contributed by atoms with Crippen LogP contribution in [0.25, 0.3) is 5.52 Å². The van der Waals surface area contributed by atoms with Crippen LogP contribution in [-0.2, 0) is 18.4 Å². The van der Waals surface area contributed by atoms with Crippen molar-refractivity contribution in [1.29, 1.82) is 0 Å². The smallest absolute Gasteiger partial charge is 0.268 e. The lowest BCUT2D eigenvalue weighted by atomic mass is 9.74. The zero-order valence-electron chi connectivity index (χ0n) is 21.2. The van der Waals surface area contributed by atoms with Crippen LogP contribution in [0.15, 0.2) is 45.3 Å². The lowest BCUT2D eigenvalue weighted by molar-refractivity contribution is 0.185. The van der Waals surface area contributed by atoms with Crippen LogP contribution in [0, 0.1) is 5.41 Å². The third kappa shape index (κ3) is 4.78. The second-order valence-electron chi connectivity index (χ2n) is 10.8. The highest BCUT2D eigenvalue weighted by atomic mass is 35.5. The molecule has 0 radical (unpaired) electrons. The summed E-state index contributed by atoms with van der Waals surface area (Å²) in [7, 11) is 1.78. The molecule has 1 N–H and O–H groups in total. The number of fused-ring (bicyclic) bond motifs is 1. The molecule has 1 saturated carbocycles. The molecule has 2 atom stereocenters. The Morgan fingerprint density at radius 3 is 2.69 bits per heavy atom. The molecular weight excluding hydrogens is 516 g/mol. The van der Waals surface area contributed by atoms with Gasteiger partial charge in [-0.15, -0.1) is 4.72 Å². The maximum Gasteiger partial charge on any atom is 0.268 e. The molecular formula is C25H33ClN6O2S2. The second-order valence-corrected chi connectivity index (χ2v) is 14.3. The normalized spacial score (nSPS) is 20.9. The summed E-state index contributed by atoms with van der Waals surface area (Å²) in [5.74, 6) is 0.692. The third-order valence-corrected chi connectivity index (χ3v) is 10.7. The summed E-state index contributed by atoms with van der Waals surface area (Å²) in [5, 5.41) is 4.77. The van der Waals surface area contributed by atoms with Gasteiger partial charge in [-0.2, -0.15) is 5.10 Å². The average Bonchev–Trinajstić information content (AvgIpc) is 3.47. The van der Waals surface area contributed by atoms with Crippen LogP contribution in [0.4, 0.5) is 5.95 Å². The van der Waals surface area contributed by atoms with Gasteiger partial charge in [-0.05, 0) is 64.0 Å². The molecule has 1 aliphatic carbocycles. The average molecular weight is 549 g/mol. The molecule has 1 aliphatic heterocycles. The van der Waals surface area contributed by atoms with E-state index >= 15 is 0 Å². The van der Waals surface area contributed by atoms with Gasteiger partial charge >= 0.3 is 0 Å². The van der Waals surface area contributed by atoms with E-state index in [0.29, 0.717) is 15.9 Å². The topological polar surface area (TPSA) is 90.5 Å². The predicted octanol–water partition coefficient (Wildman–Crippen LogP) is 4.42. The molecule has 3 aromatic rings. The molecule has 8 nitrogen and oxygen atoms in total. The van der Waals surface area contributed by atoms with Crippen molar-refractivity contribution in [2.45, 2.75) is 73.5 Å². The van der Waals surface area contributed by atoms with Crippen molar-refractivity contribution in [2.75, 3.05) is 18.0 Å². The second kappa shape index (κ2) is 9.87. The van der Waals surface area contributed by atoms with Crippen molar-refractivity contribution < 1.29 is 4.55 Å². The van der Waals surface area contributed by atoms with Crippen LogP contribution in [0.2, 0.25) is 5.02 Å². The quantitative estimate of drug-likeness (QED) is 0.472. The highest BCUT2D eigenvalue weighted by Crippen LogP contribution is 2.47. The fourth-order valence-electron chi connectivity index (χ4n) is 5.40. The maximum atomic E-state index is 13.2. The van der Waals surface area contributed by atoms with Crippen molar-refractivity contribution in [2.24, 2.45) is 12.5 Å². The van der Waals surface area contributed by atoms with Crippen molar-refractivity contribution in [3.63, 3.8) is 0 Å². The number of nitrogens with zero attached hydrogens (tertiary/aromatic N) is 5. The van der Waals surface area contributed by atoms with E-state index in [1.807, 2.05) is 39.1 Å². The minimum absolute atomic E-state index is 0.0873. The molecule has 4 heterocycles. The lowest BCUT2D eigenvalue weighted by Crippen LogP contribution is -2.53. The van der Waals surface area contributed by atoms with E-state index in [-0.39, 0.29) is 21.8 Å². The van der Waals surface area contributed by atoms with Gasteiger partial charge in [0, 0.05) is 42.6 Å². The molecule has 11 heteroatoms. The Hall–Kier alpha value is -1.72. The number of anilines is 1. The standard InChI is InChI=1S/C25H33ClN6O2S2/c1-24(2,3)36(34)29-20-6-5-9-25(20)10-14-31(15-11-25)23-27-16-19(22(33)30(23)4)35-18-8-13-32-17(21(18)26)7-12-28-32/h7-8,12-13,16,20,29H,5-6,9-11,14-15H2,1-4H3/t20-,36?/m1/s1. The molecule has 5 rings (SSSR count). The van der Waals surface area contributed by atoms with Crippen LogP contribution in [0.1, 0.15) is 52.9 Å². The number of hydrogen-bond donors (Lipinski definition) is 1. The fraction of sp³-hybridized carbons (Fsp3) is 0.560. The summed E-state index contributed by atoms with van der Waals surface area (Å²) in [6.45, 7) is 7.70. The van der Waals surface area contributed by atoms with E-state index in [1.54, 1.807) is 28.5 Å². The van der Waals surface area contributed by atoms with Crippen LogP contribution < -0.4 is 15.2 Å². The van der Waals surface area contributed by atoms with Gasteiger partial charge in [-0.3, -0.25) is 9.36 Å². The Labute approximate surface area is 224 Å². The predicted molar refractivity (Wildman–Crippen MR) is 146 cm³/mol. The van der Waals surface area contributed by atoms with Crippen molar-refractivity contribution in [3.8, 4) is 0 Å². The third-order valence-electron chi connectivity index (χ3n) is 7.57. The Balaban J connectivity index is 1.30. The number of hydrogen-bond acceptors (Lipinski definition) is 7. The van der Waals surface area contributed by atoms with Gasteiger partial charge in [-0.25, -0.2) is 9.50 Å². The van der Waals surface area contributed by atoms with Crippen LogP contribution in [-0.4, -0.2) is 47.6 Å². The van der Waals surface area contributed by atoms with E-state index in [2.05, 4.69) is 14.7 Å². The van der Waals surface area contributed by atoms with Crippen molar-refractivity contribution in [3.05, 3.63) is 46.1 Å². The monoisotopic (exact) mass is 548 g/mol. The number of rotatable bonds is 5. The van der Waals surface area contributed by atoms with E-state index in [0.717, 1.165) is 55.6 Å². The first-order valence-electron chi connectivity index (χ1n) is 12.4. The van der Waals surface area contributed by atoms with E-state index < -0.39 is 11.4 Å². The zero-order valence-corrected chi connectivity index (χ0v) is 23.5. The molecule has 3 aromatic heterocycles. The van der Waals surface area contributed by atoms with Gasteiger partial charge < -0.3 is 9.45 Å². The van der Waals surface area contributed by atoms with E-state index in [4.69, 9.17) is 16.6 Å². The Bertz CT molecular complexity index is 1310. The minimum atomic E-state index is -1.07. The number of piperidine rings is 1. The van der Waals surface area contributed by atoms with Gasteiger partial charge in [0.15, 0.2) is 0 Å². The molecule has 2 fully saturated rings. The van der Waals surface area contributed by atoms with Crippen LogP contribution in [0.3, 0.4) is 0 Å². The molecule has 1 spiro atoms. The van der Waals surface area contributed by atoms with Crippen LogP contribution in [0.5, 0.6) is 0 Å². The number of nitrogens with one attached hydrogen (secondary N) is 1. The minimum Gasteiger partial charge on any atom is -0.598 e. The molecule has 36 heavy (non-hydrogen) atoms. The Kier molecular flexibility index (Phi) is 7.10. The van der Waals surface area contributed by atoms with Crippen LogP contribution >= 0.6 is 23.4 Å². The molecule has 0 bridgehead atoms. The zero-order chi connectivity index (χ0) is 25.7. The summed E-state index contributed by atoms with van der Waals surface area (Å²) in [4.78, 5) is 21.5. The maximum absolute atomic E-state index is 13.2. The number of halogens is 1. The number of aromatic nitrogens is 4. The first kappa shape index (κ1) is 25.9. The van der Waals surface area contributed by atoms with Gasteiger partial charge in [0.05, 0.1) is 33.9 Å². The molecule has 194 valence electrons. The molecule has 1 unspecified atom stereocenters. The van der Waals surface area contributed by atoms with E-state index in [9.17, 15) is 9.35 Å². The molecule has 2 aliphatic rings. The Morgan fingerprint density at radius 1 is 1.22 bits per heavy atom. The summed E-state index contributed by atoms with van der Waals surface area (Å²) in [6.07, 6.45) is 10.6. The summed E-state index contributed by atoms with van der Waals surface area (Å²) < 4.78 is 19.3. The summed E-state index contributed by atoms with van der Waals surface area (Å²) in [6, 6.07) is 3.98. The molecule has 1 saturated heterocycles. The summed E-state index contributed by atoms with van der Waals surface area (Å²) in [5.41, 5.74) is 0.877. The highest BCUT2D eigenvalue weighted by molar-refractivity contribution is 7.99. The van der Waals surface area contributed by atoms with Gasteiger partial charge in [0.2, 0.25) is 5.95 Å². The molecule has 0 aromatic carbocycles. The highest BCUT2D eigenvalue weighted by Gasteiger charge is 2.48. The lowest BCUT2D eigenvalue weighted by Gasteiger charge is -2.44. The van der Waals surface area contributed by atoms with Gasteiger partial charge in [0.1, 0.15) is 4.75 Å². The summed E-state index contributed by atoms with van der Waals surface area (Å²) >= 11 is 6.82. The van der Waals surface area contributed by atoms with Gasteiger partial charge in [-0.1, -0.05) is 29.8 Å². The Morgan fingerprint density at radius 2 is 1.97 bits per heavy atom. The van der Waals surface area contributed by atoms with Gasteiger partial charge in [0.25, 0.3) is 5.56 Å².